The minimum atomic E-state index is -4.48. The number of nitrogens with one attached hydrogen (secondary N) is 1. The second-order valence-corrected chi connectivity index (χ2v) is 6.64. The number of rotatable bonds is 8. The summed E-state index contributed by atoms with van der Waals surface area (Å²) >= 11 is 0. The number of amides is 1. The van der Waals surface area contributed by atoms with Gasteiger partial charge in [0, 0.05) is 36.4 Å². The van der Waals surface area contributed by atoms with E-state index in [1.54, 1.807) is 6.92 Å². The highest BCUT2D eigenvalue weighted by Crippen LogP contribution is 2.30. The molecule has 0 bridgehead atoms. The molecule has 1 aromatic carbocycles. The van der Waals surface area contributed by atoms with E-state index in [1.807, 2.05) is 6.92 Å². The Labute approximate surface area is 166 Å². The minimum Gasteiger partial charge on any atom is -0.396 e. The lowest BCUT2D eigenvalue weighted by Crippen LogP contribution is -2.36. The van der Waals surface area contributed by atoms with Crippen LogP contribution in [0.2, 0.25) is 0 Å². The number of halogens is 3. The molecule has 29 heavy (non-hydrogen) atoms. The van der Waals surface area contributed by atoms with Crippen LogP contribution in [0.5, 0.6) is 0 Å². The molecule has 1 aromatic heterocycles. The molecule has 9 heteroatoms. The van der Waals surface area contributed by atoms with Crippen molar-refractivity contribution in [3.8, 4) is 11.4 Å². The Morgan fingerprint density at radius 3 is 2.45 bits per heavy atom. The number of nitrogens with zero attached hydrogens (tertiary/aromatic N) is 2. The van der Waals surface area contributed by atoms with E-state index in [9.17, 15) is 27.9 Å². The van der Waals surface area contributed by atoms with Gasteiger partial charge in [-0.25, -0.2) is 4.98 Å². The lowest BCUT2D eigenvalue weighted by atomic mass is 10.1. The summed E-state index contributed by atoms with van der Waals surface area (Å²) in [5.74, 6) is -0.289. The summed E-state index contributed by atoms with van der Waals surface area (Å²) in [7, 11) is 0. The Bertz CT molecular complexity index is 906. The highest BCUT2D eigenvalue weighted by Gasteiger charge is 2.30. The molecule has 2 aromatic rings. The van der Waals surface area contributed by atoms with E-state index in [1.165, 1.54) is 12.1 Å². The molecule has 2 rings (SSSR count). The second kappa shape index (κ2) is 9.69. The lowest BCUT2D eigenvalue weighted by Gasteiger charge is -2.16. The molecule has 0 radical (unpaired) electrons. The Balaban J connectivity index is 2.49. The van der Waals surface area contributed by atoms with Crippen LogP contribution in [-0.2, 0) is 23.9 Å². The number of benzene rings is 1. The number of carbonyl (C=O) groups excluding carboxylic acids is 1. The van der Waals surface area contributed by atoms with Crippen molar-refractivity contribution >= 4 is 5.91 Å². The van der Waals surface area contributed by atoms with Crippen molar-refractivity contribution < 1.29 is 23.1 Å². The third-order valence-electron chi connectivity index (χ3n) is 4.46. The van der Waals surface area contributed by atoms with Crippen molar-refractivity contribution in [2.75, 3.05) is 13.2 Å². The first-order valence-corrected chi connectivity index (χ1v) is 9.34. The van der Waals surface area contributed by atoms with E-state index in [2.05, 4.69) is 10.3 Å². The number of hydrogen-bond donors (Lipinski definition) is 2. The van der Waals surface area contributed by atoms with Crippen LogP contribution in [0.15, 0.2) is 29.1 Å². The van der Waals surface area contributed by atoms with Gasteiger partial charge in [0.1, 0.15) is 12.4 Å². The number of carbonyl (C=O) groups is 1. The quantitative estimate of drug-likeness (QED) is 0.655. The topological polar surface area (TPSA) is 84.2 Å². The Morgan fingerprint density at radius 2 is 1.90 bits per heavy atom. The summed E-state index contributed by atoms with van der Waals surface area (Å²) in [5, 5.41) is 11.9. The number of aliphatic hydroxyl groups excluding tert-OH is 1. The van der Waals surface area contributed by atoms with E-state index in [0.717, 1.165) is 29.5 Å². The average molecular weight is 411 g/mol. The van der Waals surface area contributed by atoms with E-state index >= 15 is 0 Å². The molecule has 158 valence electrons. The Kier molecular flexibility index (Phi) is 7.55. The van der Waals surface area contributed by atoms with E-state index in [0.29, 0.717) is 12.2 Å². The van der Waals surface area contributed by atoms with E-state index in [4.69, 9.17) is 0 Å². The molecule has 0 aliphatic carbocycles. The third-order valence-corrected chi connectivity index (χ3v) is 4.46. The predicted molar refractivity (Wildman–Crippen MR) is 102 cm³/mol. The maximum Gasteiger partial charge on any atom is 0.416 e. The molecule has 0 atom stereocenters. The fourth-order valence-corrected chi connectivity index (χ4v) is 2.88. The molecule has 6 nitrogen and oxygen atoms in total. The van der Waals surface area contributed by atoms with Crippen molar-refractivity contribution in [2.24, 2.45) is 0 Å². The first-order chi connectivity index (χ1) is 13.7. The maximum absolute atomic E-state index is 12.9. The molecule has 0 aliphatic heterocycles. The molecule has 0 fully saturated rings. The molecule has 1 heterocycles. The fourth-order valence-electron chi connectivity index (χ4n) is 2.88. The van der Waals surface area contributed by atoms with Gasteiger partial charge in [-0.3, -0.25) is 14.2 Å². The Morgan fingerprint density at radius 1 is 1.24 bits per heavy atom. The van der Waals surface area contributed by atoms with Crippen molar-refractivity contribution in [1.82, 2.24) is 14.9 Å². The lowest BCUT2D eigenvalue weighted by molar-refractivity contribution is -0.137. The summed E-state index contributed by atoms with van der Waals surface area (Å²) < 4.78 is 39.7. The standard InChI is InChI=1S/C20H24F3N3O3/c1-3-4-10-24-17(28)12-26-18(25-13(2)16(9-11-27)19(26)29)14-5-7-15(8-6-14)20(21,22)23/h5-8,27H,3-4,9-12H2,1-2H3,(H,24,28). The molecule has 1 amide bonds. The van der Waals surface area contributed by atoms with Crippen LogP contribution in [0.3, 0.4) is 0 Å². The average Bonchev–Trinajstić information content (AvgIpc) is 2.67. The van der Waals surface area contributed by atoms with Crippen LogP contribution in [0.4, 0.5) is 13.2 Å². The highest BCUT2D eigenvalue weighted by molar-refractivity contribution is 5.76. The molecule has 0 unspecified atom stereocenters. The summed E-state index contributed by atoms with van der Waals surface area (Å²) in [6, 6.07) is 4.26. The molecular weight excluding hydrogens is 387 g/mol. The zero-order chi connectivity index (χ0) is 21.6. The predicted octanol–water partition coefficient (Wildman–Crippen LogP) is 2.69. The molecular formula is C20H24F3N3O3. The molecule has 0 aliphatic rings. The van der Waals surface area contributed by atoms with Gasteiger partial charge in [-0.15, -0.1) is 0 Å². The van der Waals surface area contributed by atoms with Crippen LogP contribution >= 0.6 is 0 Å². The van der Waals surface area contributed by atoms with Crippen molar-refractivity contribution in [3.63, 3.8) is 0 Å². The number of aromatic nitrogens is 2. The van der Waals surface area contributed by atoms with Crippen LogP contribution in [0, 0.1) is 6.92 Å². The summed E-state index contributed by atoms with van der Waals surface area (Å²) in [4.78, 5) is 29.5. The van der Waals surface area contributed by atoms with Gasteiger partial charge in [0.25, 0.3) is 5.56 Å². The first-order valence-electron chi connectivity index (χ1n) is 9.34. The normalized spacial score (nSPS) is 11.5. The monoisotopic (exact) mass is 411 g/mol. The zero-order valence-electron chi connectivity index (χ0n) is 16.3. The van der Waals surface area contributed by atoms with Gasteiger partial charge in [-0.1, -0.05) is 25.5 Å². The molecule has 0 saturated heterocycles. The van der Waals surface area contributed by atoms with Crippen LogP contribution in [0.1, 0.15) is 36.6 Å². The molecule has 0 spiro atoms. The SMILES string of the molecule is CCCCNC(=O)Cn1c(-c2ccc(C(F)(F)F)cc2)nc(C)c(CCO)c1=O. The van der Waals surface area contributed by atoms with Crippen LogP contribution < -0.4 is 10.9 Å². The van der Waals surface area contributed by atoms with Crippen molar-refractivity contribution in [3.05, 3.63) is 51.4 Å². The summed E-state index contributed by atoms with van der Waals surface area (Å²) in [5.41, 5.74) is -0.394. The summed E-state index contributed by atoms with van der Waals surface area (Å²) in [6.07, 6.45) is -2.73. The second-order valence-electron chi connectivity index (χ2n) is 6.64. The van der Waals surface area contributed by atoms with Crippen LogP contribution in [0.25, 0.3) is 11.4 Å². The van der Waals surface area contributed by atoms with Gasteiger partial charge in [0.15, 0.2) is 0 Å². The zero-order valence-corrected chi connectivity index (χ0v) is 16.3. The smallest absolute Gasteiger partial charge is 0.396 e. The van der Waals surface area contributed by atoms with Gasteiger partial charge in [0.05, 0.1) is 5.56 Å². The highest BCUT2D eigenvalue weighted by atomic mass is 19.4. The van der Waals surface area contributed by atoms with Crippen molar-refractivity contribution in [2.45, 2.75) is 45.8 Å². The van der Waals surface area contributed by atoms with E-state index < -0.39 is 23.2 Å². The largest absolute Gasteiger partial charge is 0.416 e. The number of aliphatic hydroxyl groups is 1. The number of hydrogen-bond acceptors (Lipinski definition) is 4. The van der Waals surface area contributed by atoms with Gasteiger partial charge in [0.2, 0.25) is 5.91 Å². The van der Waals surface area contributed by atoms with Gasteiger partial charge < -0.3 is 10.4 Å². The fraction of sp³-hybridized carbons (Fsp3) is 0.450. The first kappa shape index (κ1) is 22.6. The Hall–Kier alpha value is -2.68. The van der Waals surface area contributed by atoms with Gasteiger partial charge in [-0.05, 0) is 25.5 Å². The maximum atomic E-state index is 12.9. The summed E-state index contributed by atoms with van der Waals surface area (Å²) in [6.45, 7) is 3.45. The molecule has 2 N–H and O–H groups in total. The number of unbranched alkanes of at least 4 members (excludes halogenated alkanes) is 1. The number of aryl methyl sites for hydroxylation is 1. The number of alkyl halides is 3. The van der Waals surface area contributed by atoms with E-state index in [-0.39, 0.29) is 36.5 Å². The van der Waals surface area contributed by atoms with Gasteiger partial charge >= 0.3 is 6.18 Å². The van der Waals surface area contributed by atoms with Crippen molar-refractivity contribution in [1.29, 1.82) is 0 Å². The van der Waals surface area contributed by atoms with Crippen LogP contribution in [-0.4, -0.2) is 33.7 Å². The molecule has 0 saturated carbocycles. The van der Waals surface area contributed by atoms with Gasteiger partial charge in [-0.2, -0.15) is 13.2 Å². The third kappa shape index (κ3) is 5.66. The minimum absolute atomic E-state index is 0.0718.